The van der Waals surface area contributed by atoms with E-state index in [2.05, 4.69) is 17.5 Å². The molecule has 3 heteroatoms. The number of nitrogens with one attached hydrogen (secondary N) is 1. The third-order valence-electron chi connectivity index (χ3n) is 2.72. The first-order chi connectivity index (χ1) is 7.36. The standard InChI is InChI=1S/C12H14N2O/c1-14-8-11-12-9(5-6-15-11)3-2-4-10(12)7-13/h2-4,11,14H,5-6,8H2,1H3/t11-/m0/s1. The molecular formula is C12H14N2O. The van der Waals surface area contributed by atoms with Gasteiger partial charge in [0.25, 0.3) is 0 Å². The Kier molecular flexibility index (Phi) is 3.00. The van der Waals surface area contributed by atoms with Crippen LogP contribution < -0.4 is 5.32 Å². The highest BCUT2D eigenvalue weighted by Crippen LogP contribution is 2.29. The summed E-state index contributed by atoms with van der Waals surface area (Å²) < 4.78 is 5.67. The number of fused-ring (bicyclic) bond motifs is 1. The first kappa shape index (κ1) is 10.2. The number of hydrogen-bond acceptors (Lipinski definition) is 3. The summed E-state index contributed by atoms with van der Waals surface area (Å²) >= 11 is 0. The number of hydrogen-bond donors (Lipinski definition) is 1. The van der Waals surface area contributed by atoms with Gasteiger partial charge in [-0.25, -0.2) is 0 Å². The summed E-state index contributed by atoms with van der Waals surface area (Å²) in [5.41, 5.74) is 3.06. The third-order valence-corrected chi connectivity index (χ3v) is 2.72. The Morgan fingerprint density at radius 3 is 3.20 bits per heavy atom. The van der Waals surface area contributed by atoms with Crippen LogP contribution in [0.1, 0.15) is 22.8 Å². The quantitative estimate of drug-likeness (QED) is 0.788. The Hall–Kier alpha value is -1.37. The van der Waals surface area contributed by atoms with Crippen LogP contribution in [0.25, 0.3) is 0 Å². The number of nitriles is 1. The molecule has 0 aromatic heterocycles. The number of nitrogens with zero attached hydrogens (tertiary/aromatic N) is 1. The summed E-state index contributed by atoms with van der Waals surface area (Å²) in [5, 5.41) is 12.1. The van der Waals surface area contributed by atoms with E-state index in [-0.39, 0.29) is 6.10 Å². The largest absolute Gasteiger partial charge is 0.372 e. The van der Waals surface area contributed by atoms with Gasteiger partial charge in [0.2, 0.25) is 0 Å². The second kappa shape index (κ2) is 4.43. The summed E-state index contributed by atoms with van der Waals surface area (Å²) in [6.45, 7) is 1.50. The van der Waals surface area contributed by atoms with Crippen molar-refractivity contribution >= 4 is 0 Å². The fourth-order valence-corrected chi connectivity index (χ4v) is 2.05. The van der Waals surface area contributed by atoms with Gasteiger partial charge in [-0.05, 0) is 25.1 Å². The maximum absolute atomic E-state index is 9.05. The molecule has 1 aromatic rings. The highest BCUT2D eigenvalue weighted by atomic mass is 16.5. The van der Waals surface area contributed by atoms with Crippen LogP contribution in [0, 0.1) is 11.3 Å². The summed E-state index contributed by atoms with van der Waals surface area (Å²) in [6.07, 6.45) is 0.931. The monoisotopic (exact) mass is 202 g/mol. The van der Waals surface area contributed by atoms with Crippen LogP contribution in [-0.2, 0) is 11.2 Å². The zero-order valence-corrected chi connectivity index (χ0v) is 8.79. The fourth-order valence-electron chi connectivity index (χ4n) is 2.05. The van der Waals surface area contributed by atoms with E-state index in [1.165, 1.54) is 5.56 Å². The average Bonchev–Trinajstić information content (AvgIpc) is 2.29. The number of likely N-dealkylation sites (N-methyl/N-ethyl adjacent to an activating group) is 1. The Morgan fingerprint density at radius 2 is 2.47 bits per heavy atom. The second-order valence-corrected chi connectivity index (χ2v) is 3.66. The predicted molar refractivity (Wildman–Crippen MR) is 57.5 cm³/mol. The van der Waals surface area contributed by atoms with Crippen LogP contribution in [-0.4, -0.2) is 20.2 Å². The molecule has 3 nitrogen and oxygen atoms in total. The lowest BCUT2D eigenvalue weighted by atomic mass is 9.93. The van der Waals surface area contributed by atoms with Crippen molar-refractivity contribution in [3.8, 4) is 6.07 Å². The molecule has 0 spiro atoms. The van der Waals surface area contributed by atoms with Crippen molar-refractivity contribution in [2.45, 2.75) is 12.5 Å². The van der Waals surface area contributed by atoms with E-state index >= 15 is 0 Å². The molecule has 1 atom stereocenters. The van der Waals surface area contributed by atoms with Gasteiger partial charge in [0, 0.05) is 12.1 Å². The van der Waals surface area contributed by atoms with Crippen LogP contribution in [0.2, 0.25) is 0 Å². The summed E-state index contributed by atoms with van der Waals surface area (Å²) in [6, 6.07) is 8.12. The van der Waals surface area contributed by atoms with E-state index in [0.717, 1.165) is 30.7 Å². The van der Waals surface area contributed by atoms with Gasteiger partial charge in [-0.3, -0.25) is 0 Å². The van der Waals surface area contributed by atoms with Crippen molar-refractivity contribution in [1.82, 2.24) is 5.32 Å². The van der Waals surface area contributed by atoms with Gasteiger partial charge in [0.15, 0.2) is 0 Å². The Morgan fingerprint density at radius 1 is 1.60 bits per heavy atom. The molecule has 0 amide bonds. The molecule has 1 heterocycles. The molecule has 0 bridgehead atoms. The zero-order chi connectivity index (χ0) is 10.7. The van der Waals surface area contributed by atoms with Crippen LogP contribution in [0.15, 0.2) is 18.2 Å². The molecule has 0 saturated heterocycles. The van der Waals surface area contributed by atoms with Crippen molar-refractivity contribution in [3.63, 3.8) is 0 Å². The van der Waals surface area contributed by atoms with E-state index in [1.54, 1.807) is 0 Å². The molecule has 0 aliphatic carbocycles. The van der Waals surface area contributed by atoms with Gasteiger partial charge in [-0.15, -0.1) is 0 Å². The molecular weight excluding hydrogens is 188 g/mol. The lowest BCUT2D eigenvalue weighted by Crippen LogP contribution is -2.26. The Bertz CT molecular complexity index is 395. The molecule has 15 heavy (non-hydrogen) atoms. The first-order valence-corrected chi connectivity index (χ1v) is 5.15. The van der Waals surface area contributed by atoms with Crippen molar-refractivity contribution in [2.24, 2.45) is 0 Å². The molecule has 0 saturated carbocycles. The predicted octanol–water partition coefficient (Wildman–Crippen LogP) is 1.39. The van der Waals surface area contributed by atoms with Crippen molar-refractivity contribution < 1.29 is 4.74 Å². The number of rotatable bonds is 2. The lowest BCUT2D eigenvalue weighted by molar-refractivity contribution is 0.0436. The molecule has 0 fully saturated rings. The Labute approximate surface area is 89.7 Å². The molecule has 2 rings (SSSR count). The number of benzene rings is 1. The van der Waals surface area contributed by atoms with E-state index < -0.39 is 0 Å². The van der Waals surface area contributed by atoms with E-state index in [4.69, 9.17) is 10.00 Å². The normalized spacial score (nSPS) is 19.3. The highest BCUT2D eigenvalue weighted by molar-refractivity contribution is 5.45. The van der Waals surface area contributed by atoms with Crippen LogP contribution >= 0.6 is 0 Å². The second-order valence-electron chi connectivity index (χ2n) is 3.66. The van der Waals surface area contributed by atoms with Crippen molar-refractivity contribution in [1.29, 1.82) is 5.26 Å². The number of ether oxygens (including phenoxy) is 1. The minimum Gasteiger partial charge on any atom is -0.372 e. The summed E-state index contributed by atoms with van der Waals surface area (Å²) in [5.74, 6) is 0. The lowest BCUT2D eigenvalue weighted by Gasteiger charge is -2.26. The molecule has 1 N–H and O–H groups in total. The van der Waals surface area contributed by atoms with Crippen LogP contribution in [0.3, 0.4) is 0 Å². The van der Waals surface area contributed by atoms with E-state index in [0.29, 0.717) is 0 Å². The topological polar surface area (TPSA) is 45.0 Å². The summed E-state index contributed by atoms with van der Waals surface area (Å²) in [4.78, 5) is 0. The summed E-state index contributed by atoms with van der Waals surface area (Å²) in [7, 11) is 1.90. The fraction of sp³-hybridized carbons (Fsp3) is 0.417. The molecule has 1 aliphatic rings. The molecule has 78 valence electrons. The maximum atomic E-state index is 9.05. The first-order valence-electron chi connectivity index (χ1n) is 5.15. The van der Waals surface area contributed by atoms with Gasteiger partial charge in [0.1, 0.15) is 0 Å². The zero-order valence-electron chi connectivity index (χ0n) is 8.79. The average molecular weight is 202 g/mol. The van der Waals surface area contributed by atoms with E-state index in [9.17, 15) is 0 Å². The Balaban J connectivity index is 2.44. The third kappa shape index (κ3) is 1.87. The van der Waals surface area contributed by atoms with Crippen LogP contribution in [0.4, 0.5) is 0 Å². The molecule has 0 unspecified atom stereocenters. The van der Waals surface area contributed by atoms with Gasteiger partial charge in [-0.2, -0.15) is 5.26 Å². The van der Waals surface area contributed by atoms with Gasteiger partial charge >= 0.3 is 0 Å². The van der Waals surface area contributed by atoms with Crippen molar-refractivity contribution in [3.05, 3.63) is 34.9 Å². The molecule has 1 aliphatic heterocycles. The highest BCUT2D eigenvalue weighted by Gasteiger charge is 2.22. The van der Waals surface area contributed by atoms with Gasteiger partial charge in [-0.1, -0.05) is 12.1 Å². The molecule has 1 aromatic carbocycles. The van der Waals surface area contributed by atoms with Crippen LogP contribution in [0.5, 0.6) is 0 Å². The molecule has 0 radical (unpaired) electrons. The smallest absolute Gasteiger partial charge is 0.0995 e. The minimum absolute atomic E-state index is 0.0228. The maximum Gasteiger partial charge on any atom is 0.0995 e. The minimum atomic E-state index is 0.0228. The van der Waals surface area contributed by atoms with E-state index in [1.807, 2.05) is 19.2 Å². The SMILES string of the molecule is CNC[C@@H]1OCCc2cccc(C#N)c21. The van der Waals surface area contributed by atoms with Gasteiger partial charge < -0.3 is 10.1 Å². The van der Waals surface area contributed by atoms with Crippen molar-refractivity contribution in [2.75, 3.05) is 20.2 Å². The van der Waals surface area contributed by atoms with Gasteiger partial charge in [0.05, 0.1) is 24.3 Å².